The van der Waals surface area contributed by atoms with Gasteiger partial charge in [-0.15, -0.1) is 0 Å². The Balaban J connectivity index is 2.33. The van der Waals surface area contributed by atoms with Crippen molar-refractivity contribution >= 4 is 15.9 Å². The number of halogens is 2. The maximum Gasteiger partial charge on any atom is 0.128 e. The molecule has 0 aliphatic heterocycles. The van der Waals surface area contributed by atoms with Gasteiger partial charge in [-0.1, -0.05) is 15.9 Å². The quantitative estimate of drug-likeness (QED) is 0.825. The summed E-state index contributed by atoms with van der Waals surface area (Å²) in [5.41, 5.74) is 2.71. The summed E-state index contributed by atoms with van der Waals surface area (Å²) < 4.78 is 16.4. The van der Waals surface area contributed by atoms with Gasteiger partial charge in [0.15, 0.2) is 0 Å². The topological polar surface area (TPSA) is 17.8 Å². The molecule has 2 nitrogen and oxygen atoms in total. The molecule has 1 aromatic carbocycles. The van der Waals surface area contributed by atoms with E-state index in [1.54, 1.807) is 18.5 Å². The van der Waals surface area contributed by atoms with Crippen LogP contribution in [0.4, 0.5) is 4.39 Å². The van der Waals surface area contributed by atoms with Gasteiger partial charge < -0.3 is 4.57 Å². The van der Waals surface area contributed by atoms with Gasteiger partial charge in [0.05, 0.1) is 18.6 Å². The molecule has 2 rings (SSSR count). The van der Waals surface area contributed by atoms with Crippen LogP contribution in [-0.4, -0.2) is 9.55 Å². The SMILES string of the molecule is Cc1ncn(Cc2cc(Br)ccc2F)c1C. The fourth-order valence-electron chi connectivity index (χ4n) is 1.55. The highest BCUT2D eigenvalue weighted by molar-refractivity contribution is 9.10. The van der Waals surface area contributed by atoms with Crippen molar-refractivity contribution in [2.45, 2.75) is 20.4 Å². The lowest BCUT2D eigenvalue weighted by atomic mass is 10.2. The number of benzene rings is 1. The molecule has 2 aromatic rings. The van der Waals surface area contributed by atoms with Crippen LogP contribution in [0, 0.1) is 19.7 Å². The van der Waals surface area contributed by atoms with E-state index in [1.807, 2.05) is 18.4 Å². The monoisotopic (exact) mass is 282 g/mol. The fourth-order valence-corrected chi connectivity index (χ4v) is 1.96. The number of imidazole rings is 1. The van der Waals surface area contributed by atoms with E-state index in [9.17, 15) is 4.39 Å². The first-order chi connectivity index (χ1) is 7.58. The molecule has 0 fully saturated rings. The molecule has 0 atom stereocenters. The van der Waals surface area contributed by atoms with Crippen LogP contribution < -0.4 is 0 Å². The normalized spacial score (nSPS) is 10.8. The maximum atomic E-state index is 13.5. The van der Waals surface area contributed by atoms with Gasteiger partial charge in [0, 0.05) is 15.7 Å². The van der Waals surface area contributed by atoms with Gasteiger partial charge >= 0.3 is 0 Å². The molecule has 0 unspecified atom stereocenters. The summed E-state index contributed by atoms with van der Waals surface area (Å²) in [5, 5.41) is 0. The second-order valence-corrected chi connectivity index (χ2v) is 4.69. The predicted molar refractivity (Wildman–Crippen MR) is 64.9 cm³/mol. The van der Waals surface area contributed by atoms with Crippen LogP contribution in [0.25, 0.3) is 0 Å². The molecule has 0 saturated carbocycles. The van der Waals surface area contributed by atoms with E-state index in [0.29, 0.717) is 12.1 Å². The van der Waals surface area contributed by atoms with Crippen molar-refractivity contribution in [2.24, 2.45) is 0 Å². The summed E-state index contributed by atoms with van der Waals surface area (Å²) >= 11 is 3.34. The van der Waals surface area contributed by atoms with Gasteiger partial charge in [0.2, 0.25) is 0 Å². The molecule has 0 aliphatic carbocycles. The molecule has 16 heavy (non-hydrogen) atoms. The zero-order valence-corrected chi connectivity index (χ0v) is 10.8. The second kappa shape index (κ2) is 4.37. The first-order valence-corrected chi connectivity index (χ1v) is 5.79. The van der Waals surface area contributed by atoms with Gasteiger partial charge in [0.25, 0.3) is 0 Å². The van der Waals surface area contributed by atoms with Crippen molar-refractivity contribution in [1.82, 2.24) is 9.55 Å². The lowest BCUT2D eigenvalue weighted by Gasteiger charge is -2.07. The van der Waals surface area contributed by atoms with Crippen molar-refractivity contribution in [2.75, 3.05) is 0 Å². The number of nitrogens with zero attached hydrogens (tertiary/aromatic N) is 2. The number of hydrogen-bond donors (Lipinski definition) is 0. The minimum absolute atomic E-state index is 0.186. The molecule has 0 aliphatic rings. The van der Waals surface area contributed by atoms with Crippen LogP contribution in [0.2, 0.25) is 0 Å². The smallest absolute Gasteiger partial charge is 0.128 e. The highest BCUT2D eigenvalue weighted by Crippen LogP contribution is 2.17. The second-order valence-electron chi connectivity index (χ2n) is 3.78. The lowest BCUT2D eigenvalue weighted by Crippen LogP contribution is -2.02. The number of hydrogen-bond acceptors (Lipinski definition) is 1. The Labute approximate surface area is 102 Å². The Bertz CT molecular complexity index is 520. The molecular formula is C12H12BrFN2. The van der Waals surface area contributed by atoms with E-state index in [0.717, 1.165) is 15.9 Å². The average molecular weight is 283 g/mol. The van der Waals surface area contributed by atoms with Crippen molar-refractivity contribution in [3.05, 3.63) is 51.8 Å². The van der Waals surface area contributed by atoms with E-state index in [4.69, 9.17) is 0 Å². The zero-order chi connectivity index (χ0) is 11.7. The molecule has 1 heterocycles. The first kappa shape index (κ1) is 11.3. The summed E-state index contributed by atoms with van der Waals surface area (Å²) in [6, 6.07) is 4.97. The van der Waals surface area contributed by atoms with Crippen LogP contribution in [-0.2, 0) is 6.54 Å². The standard InChI is InChI=1S/C12H12BrFN2/c1-8-9(2)16(7-15-8)6-10-5-11(13)3-4-12(10)14/h3-5,7H,6H2,1-2H3. The van der Waals surface area contributed by atoms with Gasteiger partial charge in [-0.3, -0.25) is 0 Å². The van der Waals surface area contributed by atoms with Gasteiger partial charge in [-0.25, -0.2) is 9.37 Å². The summed E-state index contributed by atoms with van der Waals surface area (Å²) in [5.74, 6) is -0.186. The van der Waals surface area contributed by atoms with Crippen molar-refractivity contribution < 1.29 is 4.39 Å². The van der Waals surface area contributed by atoms with E-state index >= 15 is 0 Å². The molecule has 0 saturated heterocycles. The molecule has 0 radical (unpaired) electrons. The van der Waals surface area contributed by atoms with Gasteiger partial charge in [0.1, 0.15) is 5.82 Å². The van der Waals surface area contributed by atoms with Gasteiger partial charge in [-0.2, -0.15) is 0 Å². The van der Waals surface area contributed by atoms with Crippen molar-refractivity contribution in [3.63, 3.8) is 0 Å². The van der Waals surface area contributed by atoms with Crippen LogP contribution in [0.1, 0.15) is 17.0 Å². The minimum atomic E-state index is -0.186. The maximum absolute atomic E-state index is 13.5. The zero-order valence-electron chi connectivity index (χ0n) is 9.17. The van der Waals surface area contributed by atoms with Crippen LogP contribution in [0.5, 0.6) is 0 Å². The molecule has 0 spiro atoms. The molecule has 4 heteroatoms. The Kier molecular flexibility index (Phi) is 3.10. The third-order valence-corrected chi connectivity index (χ3v) is 3.19. The molecule has 84 valence electrons. The Morgan fingerprint density at radius 1 is 1.38 bits per heavy atom. The molecule has 0 bridgehead atoms. The van der Waals surface area contributed by atoms with E-state index in [2.05, 4.69) is 20.9 Å². The average Bonchev–Trinajstić information content (AvgIpc) is 2.55. The largest absolute Gasteiger partial charge is 0.330 e. The first-order valence-electron chi connectivity index (χ1n) is 5.00. The molecular weight excluding hydrogens is 271 g/mol. The van der Waals surface area contributed by atoms with Crippen LogP contribution in [0.15, 0.2) is 29.0 Å². The van der Waals surface area contributed by atoms with Gasteiger partial charge in [-0.05, 0) is 32.0 Å². The number of rotatable bonds is 2. The summed E-state index contributed by atoms with van der Waals surface area (Å²) in [6.45, 7) is 4.44. The molecule has 1 aromatic heterocycles. The van der Waals surface area contributed by atoms with E-state index < -0.39 is 0 Å². The highest BCUT2D eigenvalue weighted by atomic mass is 79.9. The third-order valence-electron chi connectivity index (χ3n) is 2.69. The van der Waals surface area contributed by atoms with Crippen LogP contribution in [0.3, 0.4) is 0 Å². The summed E-state index contributed by atoms with van der Waals surface area (Å²) in [6.07, 6.45) is 1.74. The van der Waals surface area contributed by atoms with Crippen LogP contribution >= 0.6 is 15.9 Å². The summed E-state index contributed by atoms with van der Waals surface area (Å²) in [4.78, 5) is 4.19. The van der Waals surface area contributed by atoms with E-state index in [-0.39, 0.29) is 5.82 Å². The van der Waals surface area contributed by atoms with Crippen molar-refractivity contribution in [1.29, 1.82) is 0 Å². The fraction of sp³-hybridized carbons (Fsp3) is 0.250. The Morgan fingerprint density at radius 3 is 2.75 bits per heavy atom. The molecule has 0 amide bonds. The predicted octanol–water partition coefficient (Wildman–Crippen LogP) is 3.45. The third kappa shape index (κ3) is 2.16. The van der Waals surface area contributed by atoms with Crippen molar-refractivity contribution in [3.8, 4) is 0 Å². The Morgan fingerprint density at radius 2 is 2.12 bits per heavy atom. The number of aromatic nitrogens is 2. The Hall–Kier alpha value is -1.16. The number of aryl methyl sites for hydroxylation is 1. The highest BCUT2D eigenvalue weighted by Gasteiger charge is 2.07. The minimum Gasteiger partial charge on any atom is -0.330 e. The lowest BCUT2D eigenvalue weighted by molar-refractivity contribution is 0.597. The van der Waals surface area contributed by atoms with E-state index in [1.165, 1.54) is 6.07 Å². The molecule has 0 N–H and O–H groups in total. The summed E-state index contributed by atoms with van der Waals surface area (Å²) in [7, 11) is 0.